The quantitative estimate of drug-likeness (QED) is 0.653. The first kappa shape index (κ1) is 13.8. The van der Waals surface area contributed by atoms with Crippen LogP contribution in [0.4, 0.5) is 11.4 Å². The molecule has 4 heteroatoms. The summed E-state index contributed by atoms with van der Waals surface area (Å²) in [7, 11) is 0. The summed E-state index contributed by atoms with van der Waals surface area (Å²) in [4.78, 5) is 10.6. The van der Waals surface area contributed by atoms with Crippen molar-refractivity contribution in [1.82, 2.24) is 0 Å². The molecule has 1 N–H and O–H groups in total. The molecule has 1 aromatic carbocycles. The van der Waals surface area contributed by atoms with Gasteiger partial charge < -0.3 is 5.32 Å². The van der Waals surface area contributed by atoms with Gasteiger partial charge in [-0.15, -0.1) is 0 Å². The van der Waals surface area contributed by atoms with E-state index >= 15 is 0 Å². The fourth-order valence-corrected chi connectivity index (χ4v) is 2.95. The molecule has 0 spiro atoms. The predicted octanol–water partition coefficient (Wildman–Crippen LogP) is 4.28. The number of hydrogen-bond acceptors (Lipinski definition) is 3. The highest BCUT2D eigenvalue weighted by molar-refractivity contribution is 5.55. The Bertz CT molecular complexity index is 483. The van der Waals surface area contributed by atoms with Crippen LogP contribution in [0.1, 0.15) is 45.1 Å². The molecule has 0 aromatic heterocycles. The standard InChI is InChI=1S/C15H22N2O2/c1-11-6-7-12(9-14(11)17(18)19)16-13-5-4-8-15(2,3)10-13/h6-7,9,13,16H,4-5,8,10H2,1-3H3. The van der Waals surface area contributed by atoms with Crippen LogP contribution in [-0.2, 0) is 0 Å². The van der Waals surface area contributed by atoms with Gasteiger partial charge in [-0.1, -0.05) is 26.3 Å². The molecule has 0 saturated heterocycles. The van der Waals surface area contributed by atoms with E-state index in [1.807, 2.05) is 12.1 Å². The van der Waals surface area contributed by atoms with Crippen molar-refractivity contribution >= 4 is 11.4 Å². The SMILES string of the molecule is Cc1ccc(NC2CCCC(C)(C)C2)cc1[N+](=O)[O-]. The van der Waals surface area contributed by atoms with Crippen molar-refractivity contribution < 1.29 is 4.92 Å². The van der Waals surface area contributed by atoms with E-state index in [0.29, 0.717) is 17.0 Å². The maximum atomic E-state index is 10.9. The maximum absolute atomic E-state index is 10.9. The Labute approximate surface area is 114 Å². The van der Waals surface area contributed by atoms with E-state index in [1.54, 1.807) is 13.0 Å². The lowest BCUT2D eigenvalue weighted by Gasteiger charge is -2.36. The molecule has 1 aliphatic rings. The first-order valence-electron chi connectivity index (χ1n) is 6.89. The van der Waals surface area contributed by atoms with Crippen LogP contribution in [0.2, 0.25) is 0 Å². The first-order chi connectivity index (χ1) is 8.87. The number of aryl methyl sites for hydroxylation is 1. The van der Waals surface area contributed by atoms with E-state index in [-0.39, 0.29) is 10.6 Å². The second-order valence-electron chi connectivity index (χ2n) is 6.36. The highest BCUT2D eigenvalue weighted by Crippen LogP contribution is 2.36. The largest absolute Gasteiger partial charge is 0.382 e. The van der Waals surface area contributed by atoms with Crippen LogP contribution < -0.4 is 5.32 Å². The monoisotopic (exact) mass is 262 g/mol. The smallest absolute Gasteiger partial charge is 0.274 e. The third-order valence-corrected chi connectivity index (χ3v) is 3.98. The fourth-order valence-electron chi connectivity index (χ4n) is 2.95. The van der Waals surface area contributed by atoms with E-state index in [9.17, 15) is 10.1 Å². The highest BCUT2D eigenvalue weighted by atomic mass is 16.6. The number of hydrogen-bond donors (Lipinski definition) is 1. The van der Waals surface area contributed by atoms with E-state index in [4.69, 9.17) is 0 Å². The topological polar surface area (TPSA) is 55.2 Å². The summed E-state index contributed by atoms with van der Waals surface area (Å²) in [6.45, 7) is 6.35. The normalized spacial score (nSPS) is 21.9. The van der Waals surface area contributed by atoms with Crippen molar-refractivity contribution in [2.75, 3.05) is 5.32 Å². The average molecular weight is 262 g/mol. The summed E-state index contributed by atoms with van der Waals surface area (Å²) in [6, 6.07) is 5.82. The fraction of sp³-hybridized carbons (Fsp3) is 0.600. The third-order valence-electron chi connectivity index (χ3n) is 3.98. The Morgan fingerprint density at radius 1 is 1.42 bits per heavy atom. The Morgan fingerprint density at radius 3 is 2.79 bits per heavy atom. The third kappa shape index (κ3) is 3.46. The zero-order valence-corrected chi connectivity index (χ0v) is 11.9. The molecule has 1 unspecified atom stereocenters. The molecule has 1 aliphatic carbocycles. The zero-order chi connectivity index (χ0) is 14.0. The van der Waals surface area contributed by atoms with Crippen molar-refractivity contribution in [3.63, 3.8) is 0 Å². The minimum Gasteiger partial charge on any atom is -0.382 e. The number of benzene rings is 1. The molecule has 4 nitrogen and oxygen atoms in total. The van der Waals surface area contributed by atoms with E-state index < -0.39 is 0 Å². The summed E-state index contributed by atoms with van der Waals surface area (Å²) in [5.74, 6) is 0. The number of nitrogens with zero attached hydrogens (tertiary/aromatic N) is 1. The van der Waals surface area contributed by atoms with Gasteiger partial charge in [-0.05, 0) is 37.7 Å². The van der Waals surface area contributed by atoms with Gasteiger partial charge in [0.2, 0.25) is 0 Å². The van der Waals surface area contributed by atoms with Crippen LogP contribution in [-0.4, -0.2) is 11.0 Å². The number of rotatable bonds is 3. The first-order valence-corrected chi connectivity index (χ1v) is 6.89. The van der Waals surface area contributed by atoms with E-state index in [1.165, 1.54) is 12.8 Å². The van der Waals surface area contributed by atoms with E-state index in [2.05, 4.69) is 19.2 Å². The molecular weight excluding hydrogens is 240 g/mol. The van der Waals surface area contributed by atoms with Gasteiger partial charge in [-0.2, -0.15) is 0 Å². The van der Waals surface area contributed by atoms with Crippen LogP contribution in [0.25, 0.3) is 0 Å². The number of nitro benzene ring substituents is 1. The molecule has 0 aliphatic heterocycles. The highest BCUT2D eigenvalue weighted by Gasteiger charge is 2.28. The number of anilines is 1. The van der Waals surface area contributed by atoms with Crippen LogP contribution in [0.5, 0.6) is 0 Å². The summed E-state index contributed by atoms with van der Waals surface area (Å²) in [5.41, 5.74) is 2.13. The lowest BCUT2D eigenvalue weighted by molar-refractivity contribution is -0.385. The maximum Gasteiger partial charge on any atom is 0.274 e. The van der Waals surface area contributed by atoms with Gasteiger partial charge in [-0.25, -0.2) is 0 Å². The van der Waals surface area contributed by atoms with Crippen LogP contribution >= 0.6 is 0 Å². The number of nitrogens with one attached hydrogen (secondary N) is 1. The molecule has 2 rings (SSSR count). The van der Waals surface area contributed by atoms with Crippen LogP contribution in [0, 0.1) is 22.5 Å². The summed E-state index contributed by atoms with van der Waals surface area (Å²) in [6.07, 6.45) is 4.75. The molecule has 1 aromatic rings. The van der Waals surface area contributed by atoms with Gasteiger partial charge in [0.15, 0.2) is 0 Å². The van der Waals surface area contributed by atoms with Gasteiger partial charge in [0.05, 0.1) is 4.92 Å². The van der Waals surface area contributed by atoms with Gasteiger partial charge in [-0.3, -0.25) is 10.1 Å². The Balaban J connectivity index is 2.11. The molecule has 1 fully saturated rings. The van der Waals surface area contributed by atoms with E-state index in [0.717, 1.165) is 18.5 Å². The lowest BCUT2D eigenvalue weighted by atomic mass is 9.75. The number of nitro groups is 1. The molecule has 1 atom stereocenters. The lowest BCUT2D eigenvalue weighted by Crippen LogP contribution is -2.31. The van der Waals surface area contributed by atoms with Crippen LogP contribution in [0.3, 0.4) is 0 Å². The molecule has 104 valence electrons. The Morgan fingerprint density at radius 2 is 2.16 bits per heavy atom. The molecular formula is C15H22N2O2. The Hall–Kier alpha value is -1.58. The van der Waals surface area contributed by atoms with Crippen molar-refractivity contribution in [1.29, 1.82) is 0 Å². The second kappa shape index (κ2) is 5.19. The molecule has 0 amide bonds. The summed E-state index contributed by atoms with van der Waals surface area (Å²) in [5, 5.41) is 14.4. The summed E-state index contributed by atoms with van der Waals surface area (Å²) < 4.78 is 0. The van der Waals surface area contributed by atoms with Crippen molar-refractivity contribution in [2.24, 2.45) is 5.41 Å². The molecule has 0 heterocycles. The second-order valence-corrected chi connectivity index (χ2v) is 6.36. The molecule has 19 heavy (non-hydrogen) atoms. The van der Waals surface area contributed by atoms with Crippen molar-refractivity contribution in [3.8, 4) is 0 Å². The Kier molecular flexibility index (Phi) is 3.78. The average Bonchev–Trinajstić information content (AvgIpc) is 2.30. The molecule has 0 radical (unpaired) electrons. The van der Waals surface area contributed by atoms with Crippen molar-refractivity contribution in [2.45, 2.75) is 52.5 Å². The minimum absolute atomic E-state index is 0.195. The zero-order valence-electron chi connectivity index (χ0n) is 11.9. The van der Waals surface area contributed by atoms with Gasteiger partial charge >= 0.3 is 0 Å². The van der Waals surface area contributed by atoms with Crippen molar-refractivity contribution in [3.05, 3.63) is 33.9 Å². The van der Waals surface area contributed by atoms with Gasteiger partial charge in [0, 0.05) is 23.4 Å². The van der Waals surface area contributed by atoms with Gasteiger partial charge in [0.25, 0.3) is 5.69 Å². The van der Waals surface area contributed by atoms with Crippen LogP contribution in [0.15, 0.2) is 18.2 Å². The minimum atomic E-state index is -0.314. The molecule has 1 saturated carbocycles. The predicted molar refractivity (Wildman–Crippen MR) is 77.5 cm³/mol. The summed E-state index contributed by atoms with van der Waals surface area (Å²) >= 11 is 0. The van der Waals surface area contributed by atoms with Gasteiger partial charge in [0.1, 0.15) is 0 Å². The molecule has 0 bridgehead atoms.